The standard InChI is InChI=1S/C17H18FN3O2/c18-13-3-1-12(2-4-13)17(23)7-9-20(11-17)15-16(22)21(10-8-19-15)14-5-6-14/h1-4,8,10,14,23H,5-7,9,11H2. The van der Waals surface area contributed by atoms with Crippen molar-refractivity contribution in [1.29, 1.82) is 0 Å². The molecule has 23 heavy (non-hydrogen) atoms. The zero-order valence-electron chi connectivity index (χ0n) is 12.7. The van der Waals surface area contributed by atoms with Crippen molar-refractivity contribution >= 4 is 5.82 Å². The van der Waals surface area contributed by atoms with Gasteiger partial charge in [-0.1, -0.05) is 12.1 Å². The Balaban J connectivity index is 1.62. The highest BCUT2D eigenvalue weighted by atomic mass is 19.1. The van der Waals surface area contributed by atoms with Crippen molar-refractivity contribution in [3.63, 3.8) is 0 Å². The molecule has 1 saturated heterocycles. The molecule has 0 spiro atoms. The summed E-state index contributed by atoms with van der Waals surface area (Å²) < 4.78 is 14.8. The average molecular weight is 315 g/mol. The fourth-order valence-electron chi connectivity index (χ4n) is 3.24. The second-order valence-corrected chi connectivity index (χ2v) is 6.40. The van der Waals surface area contributed by atoms with Crippen LogP contribution in [0, 0.1) is 5.82 Å². The molecule has 2 fully saturated rings. The topological polar surface area (TPSA) is 58.4 Å². The third-order valence-corrected chi connectivity index (χ3v) is 4.72. The molecule has 1 atom stereocenters. The zero-order valence-corrected chi connectivity index (χ0v) is 12.7. The number of anilines is 1. The van der Waals surface area contributed by atoms with Crippen molar-refractivity contribution in [3.8, 4) is 0 Å². The average Bonchev–Trinajstić information content (AvgIpc) is 3.31. The van der Waals surface area contributed by atoms with Gasteiger partial charge in [0.05, 0.1) is 6.54 Å². The van der Waals surface area contributed by atoms with Gasteiger partial charge in [-0.3, -0.25) is 4.79 Å². The minimum atomic E-state index is -1.08. The maximum absolute atomic E-state index is 13.1. The Morgan fingerprint density at radius 2 is 2.00 bits per heavy atom. The number of aliphatic hydroxyl groups is 1. The summed E-state index contributed by atoms with van der Waals surface area (Å²) in [6.45, 7) is 0.834. The first-order chi connectivity index (χ1) is 11.1. The number of hydrogen-bond acceptors (Lipinski definition) is 4. The smallest absolute Gasteiger partial charge is 0.293 e. The Hall–Kier alpha value is -2.21. The van der Waals surface area contributed by atoms with Crippen LogP contribution in [0.2, 0.25) is 0 Å². The van der Waals surface area contributed by atoms with Crippen molar-refractivity contribution in [2.75, 3.05) is 18.0 Å². The molecule has 1 unspecified atom stereocenters. The van der Waals surface area contributed by atoms with Crippen molar-refractivity contribution in [2.24, 2.45) is 0 Å². The van der Waals surface area contributed by atoms with E-state index in [1.165, 1.54) is 12.1 Å². The quantitative estimate of drug-likeness (QED) is 0.938. The monoisotopic (exact) mass is 315 g/mol. The van der Waals surface area contributed by atoms with Gasteiger partial charge in [0.15, 0.2) is 5.82 Å². The molecule has 1 aromatic carbocycles. The van der Waals surface area contributed by atoms with Gasteiger partial charge >= 0.3 is 0 Å². The predicted molar refractivity (Wildman–Crippen MR) is 83.9 cm³/mol. The van der Waals surface area contributed by atoms with E-state index in [1.807, 2.05) is 4.90 Å². The zero-order chi connectivity index (χ0) is 16.0. The highest BCUT2D eigenvalue weighted by Gasteiger charge is 2.39. The van der Waals surface area contributed by atoms with Gasteiger partial charge in [-0.15, -0.1) is 0 Å². The van der Waals surface area contributed by atoms with E-state index in [9.17, 15) is 14.3 Å². The van der Waals surface area contributed by atoms with Gasteiger partial charge in [0.1, 0.15) is 11.4 Å². The second-order valence-electron chi connectivity index (χ2n) is 6.40. The molecule has 1 aliphatic heterocycles. The van der Waals surface area contributed by atoms with Gasteiger partial charge in [-0.2, -0.15) is 0 Å². The molecule has 2 heterocycles. The first-order valence-electron chi connectivity index (χ1n) is 7.87. The summed E-state index contributed by atoms with van der Waals surface area (Å²) in [5, 5.41) is 10.9. The van der Waals surface area contributed by atoms with Crippen LogP contribution in [0.15, 0.2) is 41.5 Å². The van der Waals surface area contributed by atoms with E-state index in [2.05, 4.69) is 4.98 Å². The largest absolute Gasteiger partial charge is 0.383 e. The van der Waals surface area contributed by atoms with Gasteiger partial charge < -0.3 is 14.6 Å². The number of benzene rings is 1. The van der Waals surface area contributed by atoms with Crippen LogP contribution in [-0.4, -0.2) is 27.7 Å². The summed E-state index contributed by atoms with van der Waals surface area (Å²) in [5.74, 6) is 0.0571. The van der Waals surface area contributed by atoms with E-state index in [4.69, 9.17) is 0 Å². The second kappa shape index (κ2) is 5.16. The van der Waals surface area contributed by atoms with Crippen LogP contribution in [0.1, 0.15) is 30.9 Å². The van der Waals surface area contributed by atoms with Crippen LogP contribution < -0.4 is 10.5 Å². The number of halogens is 1. The molecule has 4 rings (SSSR count). The highest BCUT2D eigenvalue weighted by molar-refractivity contribution is 5.41. The van der Waals surface area contributed by atoms with Crippen molar-refractivity contribution < 1.29 is 9.50 Å². The Labute approximate surface area is 133 Å². The molecule has 1 aromatic heterocycles. The van der Waals surface area contributed by atoms with Gasteiger partial charge in [0, 0.05) is 25.0 Å². The number of aromatic nitrogens is 2. The molecule has 1 aliphatic carbocycles. The summed E-state index contributed by atoms with van der Waals surface area (Å²) >= 11 is 0. The minimum absolute atomic E-state index is 0.0987. The van der Waals surface area contributed by atoms with Crippen LogP contribution >= 0.6 is 0 Å². The molecule has 5 nitrogen and oxygen atoms in total. The number of nitrogens with zero attached hydrogens (tertiary/aromatic N) is 3. The lowest BCUT2D eigenvalue weighted by Gasteiger charge is -2.24. The van der Waals surface area contributed by atoms with Crippen LogP contribution in [0.4, 0.5) is 10.2 Å². The Morgan fingerprint density at radius 1 is 1.26 bits per heavy atom. The van der Waals surface area contributed by atoms with Gasteiger partial charge in [0.25, 0.3) is 5.56 Å². The molecule has 1 N–H and O–H groups in total. The predicted octanol–water partition coefficient (Wildman–Crippen LogP) is 1.82. The number of β-amino-alcohol motifs (C(OH)–C–C–N with tert-alkyl or cyclic N) is 1. The maximum Gasteiger partial charge on any atom is 0.293 e. The maximum atomic E-state index is 13.1. The van der Waals surface area contributed by atoms with E-state index < -0.39 is 5.60 Å². The molecule has 120 valence electrons. The normalized spacial score (nSPS) is 24.2. The van der Waals surface area contributed by atoms with Crippen molar-refractivity contribution in [2.45, 2.75) is 30.9 Å². The SMILES string of the molecule is O=c1c(N2CCC(O)(c3ccc(F)cc3)C2)nccn1C1CC1. The fourth-order valence-corrected chi connectivity index (χ4v) is 3.24. The van der Waals surface area contributed by atoms with E-state index in [-0.39, 0.29) is 17.9 Å². The molecule has 2 aliphatic rings. The van der Waals surface area contributed by atoms with Crippen LogP contribution in [-0.2, 0) is 5.60 Å². The first kappa shape index (κ1) is 14.4. The van der Waals surface area contributed by atoms with E-state index in [0.717, 1.165) is 12.8 Å². The van der Waals surface area contributed by atoms with Gasteiger partial charge in [-0.25, -0.2) is 9.37 Å². The Bertz CT molecular complexity index is 785. The molecule has 0 amide bonds. The first-order valence-corrected chi connectivity index (χ1v) is 7.87. The molecular formula is C17H18FN3O2. The summed E-state index contributed by atoms with van der Waals surface area (Å²) in [5.41, 5.74) is -0.513. The van der Waals surface area contributed by atoms with E-state index >= 15 is 0 Å². The third kappa shape index (κ3) is 2.53. The lowest BCUT2D eigenvalue weighted by molar-refractivity contribution is 0.0605. The van der Waals surface area contributed by atoms with Crippen LogP contribution in [0.5, 0.6) is 0 Å². The summed E-state index contributed by atoms with van der Waals surface area (Å²) in [4.78, 5) is 18.6. The lowest BCUT2D eigenvalue weighted by atomic mass is 9.93. The number of rotatable bonds is 3. The van der Waals surface area contributed by atoms with E-state index in [0.29, 0.717) is 30.4 Å². The van der Waals surface area contributed by atoms with Crippen molar-refractivity contribution in [3.05, 3.63) is 58.4 Å². The molecule has 1 saturated carbocycles. The van der Waals surface area contributed by atoms with Crippen LogP contribution in [0.25, 0.3) is 0 Å². The summed E-state index contributed by atoms with van der Waals surface area (Å²) in [7, 11) is 0. The summed E-state index contributed by atoms with van der Waals surface area (Å²) in [6.07, 6.45) is 5.92. The van der Waals surface area contributed by atoms with Gasteiger partial charge in [0.2, 0.25) is 0 Å². The third-order valence-electron chi connectivity index (χ3n) is 4.72. The molecule has 0 bridgehead atoms. The number of hydrogen-bond donors (Lipinski definition) is 1. The molecule has 2 aromatic rings. The van der Waals surface area contributed by atoms with E-state index in [1.54, 1.807) is 29.1 Å². The Morgan fingerprint density at radius 3 is 2.70 bits per heavy atom. The highest BCUT2D eigenvalue weighted by Crippen LogP contribution is 2.35. The summed E-state index contributed by atoms with van der Waals surface area (Å²) in [6, 6.07) is 6.18. The fraction of sp³-hybridized carbons (Fsp3) is 0.412. The lowest BCUT2D eigenvalue weighted by Crippen LogP contribution is -2.35. The van der Waals surface area contributed by atoms with Gasteiger partial charge in [-0.05, 0) is 37.0 Å². The Kier molecular flexibility index (Phi) is 3.23. The van der Waals surface area contributed by atoms with Crippen LogP contribution in [0.3, 0.4) is 0 Å². The minimum Gasteiger partial charge on any atom is -0.383 e. The molecule has 0 radical (unpaired) electrons. The molecule has 6 heteroatoms. The molecular weight excluding hydrogens is 297 g/mol. The van der Waals surface area contributed by atoms with Crippen molar-refractivity contribution in [1.82, 2.24) is 9.55 Å².